The van der Waals surface area contributed by atoms with E-state index in [2.05, 4.69) is 35.9 Å². The molecule has 26 heavy (non-hydrogen) atoms. The van der Waals surface area contributed by atoms with E-state index >= 15 is 0 Å². The lowest BCUT2D eigenvalue weighted by Gasteiger charge is -2.06. The number of hydrogen-bond acceptors (Lipinski definition) is 6. The van der Waals surface area contributed by atoms with Crippen molar-refractivity contribution in [3.63, 3.8) is 0 Å². The Morgan fingerprint density at radius 1 is 1.23 bits per heavy atom. The second kappa shape index (κ2) is 6.66. The zero-order valence-corrected chi connectivity index (χ0v) is 14.0. The van der Waals surface area contributed by atoms with Gasteiger partial charge >= 0.3 is 0 Å². The van der Waals surface area contributed by atoms with Gasteiger partial charge < -0.3 is 10.3 Å². The van der Waals surface area contributed by atoms with Crippen LogP contribution in [0.5, 0.6) is 0 Å². The summed E-state index contributed by atoms with van der Waals surface area (Å²) in [5, 5.41) is 26.2. The SMILES string of the molecule is N#CC(=CNc1ccc(Cl)c(-c2nc3ccccc3[nH]2)c1)c1nn[nH]n1. The predicted molar refractivity (Wildman–Crippen MR) is 97.9 cm³/mol. The number of rotatable bonds is 4. The molecule has 0 spiro atoms. The van der Waals surface area contributed by atoms with E-state index in [-0.39, 0.29) is 11.4 Å². The van der Waals surface area contributed by atoms with Crippen LogP contribution in [0.2, 0.25) is 5.02 Å². The summed E-state index contributed by atoms with van der Waals surface area (Å²) in [7, 11) is 0. The van der Waals surface area contributed by atoms with Gasteiger partial charge in [0.05, 0.1) is 16.1 Å². The Balaban J connectivity index is 1.67. The number of nitriles is 1. The van der Waals surface area contributed by atoms with Crippen LogP contribution in [-0.2, 0) is 0 Å². The Hall–Kier alpha value is -3.70. The zero-order chi connectivity index (χ0) is 17.9. The van der Waals surface area contributed by atoms with Crippen LogP contribution >= 0.6 is 11.6 Å². The molecule has 2 aromatic heterocycles. The number of tetrazole rings is 1. The lowest BCUT2D eigenvalue weighted by molar-refractivity contribution is 0.881. The molecular weight excluding hydrogens is 352 g/mol. The van der Waals surface area contributed by atoms with Crippen molar-refractivity contribution in [3.05, 3.63) is 59.5 Å². The molecule has 0 saturated carbocycles. The van der Waals surface area contributed by atoms with Crippen molar-refractivity contribution in [2.24, 2.45) is 0 Å². The van der Waals surface area contributed by atoms with E-state index < -0.39 is 0 Å². The molecule has 0 radical (unpaired) electrons. The van der Waals surface area contributed by atoms with Crippen LogP contribution in [-0.4, -0.2) is 30.6 Å². The standard InChI is InChI=1S/C17H11ClN8/c18-13-6-5-11(20-9-10(8-19)16-23-25-26-24-16)7-12(13)17-21-14-3-1-2-4-15(14)22-17/h1-7,9,20H,(H,21,22)(H,23,24,25,26). The summed E-state index contributed by atoms with van der Waals surface area (Å²) in [6.07, 6.45) is 1.51. The maximum atomic E-state index is 9.22. The van der Waals surface area contributed by atoms with Crippen LogP contribution in [0, 0.1) is 11.3 Å². The summed E-state index contributed by atoms with van der Waals surface area (Å²) < 4.78 is 0. The third-order valence-electron chi connectivity index (χ3n) is 3.70. The van der Waals surface area contributed by atoms with Gasteiger partial charge in [0, 0.05) is 17.5 Å². The molecule has 4 rings (SSSR count). The number of para-hydroxylation sites is 2. The Bertz CT molecular complexity index is 1100. The molecule has 0 unspecified atom stereocenters. The monoisotopic (exact) mass is 362 g/mol. The van der Waals surface area contributed by atoms with Gasteiger partial charge in [-0.15, -0.1) is 10.2 Å². The summed E-state index contributed by atoms with van der Waals surface area (Å²) in [5.74, 6) is 0.883. The van der Waals surface area contributed by atoms with E-state index in [1.165, 1.54) is 6.20 Å². The molecule has 0 bridgehead atoms. The molecule has 2 aromatic carbocycles. The van der Waals surface area contributed by atoms with E-state index in [4.69, 9.17) is 11.6 Å². The van der Waals surface area contributed by atoms with Crippen molar-refractivity contribution < 1.29 is 0 Å². The average molecular weight is 363 g/mol. The summed E-state index contributed by atoms with van der Waals surface area (Å²) >= 11 is 6.34. The molecule has 8 nitrogen and oxygen atoms in total. The van der Waals surface area contributed by atoms with Gasteiger partial charge in [0.1, 0.15) is 17.5 Å². The van der Waals surface area contributed by atoms with Gasteiger partial charge in [0.15, 0.2) is 0 Å². The second-order valence-electron chi connectivity index (χ2n) is 5.35. The third-order valence-corrected chi connectivity index (χ3v) is 4.03. The molecule has 0 saturated heterocycles. The number of aromatic amines is 2. The summed E-state index contributed by atoms with van der Waals surface area (Å²) in [4.78, 5) is 7.82. The number of imidazole rings is 1. The summed E-state index contributed by atoms with van der Waals surface area (Å²) in [5.41, 5.74) is 3.53. The topological polar surface area (TPSA) is 119 Å². The van der Waals surface area contributed by atoms with Crippen LogP contribution in [0.15, 0.2) is 48.7 Å². The number of anilines is 1. The highest BCUT2D eigenvalue weighted by molar-refractivity contribution is 6.33. The van der Waals surface area contributed by atoms with Crippen LogP contribution in [0.4, 0.5) is 5.69 Å². The van der Waals surface area contributed by atoms with Crippen molar-refractivity contribution in [2.45, 2.75) is 0 Å². The first-order valence-electron chi connectivity index (χ1n) is 7.60. The quantitative estimate of drug-likeness (QED) is 0.479. The first-order chi connectivity index (χ1) is 12.7. The number of allylic oxidation sites excluding steroid dienone is 1. The average Bonchev–Trinajstić information content (AvgIpc) is 3.33. The van der Waals surface area contributed by atoms with Crippen molar-refractivity contribution in [1.29, 1.82) is 5.26 Å². The Labute approximate surface area is 152 Å². The van der Waals surface area contributed by atoms with Crippen molar-refractivity contribution in [1.82, 2.24) is 30.6 Å². The molecule has 2 heterocycles. The third kappa shape index (κ3) is 2.99. The van der Waals surface area contributed by atoms with E-state index in [1.807, 2.05) is 36.4 Å². The van der Waals surface area contributed by atoms with Crippen molar-refractivity contribution in [2.75, 3.05) is 5.32 Å². The Kier molecular flexibility index (Phi) is 4.05. The maximum absolute atomic E-state index is 9.22. The minimum atomic E-state index is 0.214. The van der Waals surface area contributed by atoms with Gasteiger partial charge in [-0.1, -0.05) is 23.7 Å². The maximum Gasteiger partial charge on any atom is 0.216 e. The minimum Gasteiger partial charge on any atom is -0.360 e. The van der Waals surface area contributed by atoms with Crippen molar-refractivity contribution >= 4 is 33.9 Å². The van der Waals surface area contributed by atoms with E-state index in [1.54, 1.807) is 12.1 Å². The number of nitrogens with zero attached hydrogens (tertiary/aromatic N) is 5. The molecule has 0 amide bonds. The molecule has 0 atom stereocenters. The molecule has 9 heteroatoms. The highest BCUT2D eigenvalue weighted by Crippen LogP contribution is 2.30. The highest BCUT2D eigenvalue weighted by Gasteiger charge is 2.10. The highest BCUT2D eigenvalue weighted by atomic mass is 35.5. The Morgan fingerprint density at radius 3 is 2.88 bits per heavy atom. The van der Waals surface area contributed by atoms with Gasteiger partial charge in [-0.25, -0.2) is 4.98 Å². The van der Waals surface area contributed by atoms with E-state index in [0.29, 0.717) is 10.8 Å². The van der Waals surface area contributed by atoms with Gasteiger partial charge in [-0.2, -0.15) is 10.5 Å². The first kappa shape index (κ1) is 15.8. The number of halogens is 1. The number of aromatic nitrogens is 6. The van der Waals surface area contributed by atoms with Crippen LogP contribution < -0.4 is 5.32 Å². The fourth-order valence-electron chi connectivity index (χ4n) is 2.46. The fourth-order valence-corrected chi connectivity index (χ4v) is 2.66. The normalized spacial score (nSPS) is 11.5. The van der Waals surface area contributed by atoms with Crippen LogP contribution in [0.1, 0.15) is 5.82 Å². The van der Waals surface area contributed by atoms with Crippen LogP contribution in [0.3, 0.4) is 0 Å². The van der Waals surface area contributed by atoms with Gasteiger partial charge in [-0.3, -0.25) is 0 Å². The second-order valence-corrected chi connectivity index (χ2v) is 5.75. The lowest BCUT2D eigenvalue weighted by Crippen LogP contribution is -1.94. The number of fused-ring (bicyclic) bond motifs is 1. The number of hydrogen-bond donors (Lipinski definition) is 3. The van der Waals surface area contributed by atoms with Gasteiger partial charge in [0.2, 0.25) is 5.82 Å². The van der Waals surface area contributed by atoms with E-state index in [9.17, 15) is 5.26 Å². The molecule has 0 aliphatic rings. The zero-order valence-electron chi connectivity index (χ0n) is 13.2. The molecule has 0 fully saturated rings. The molecule has 0 aliphatic carbocycles. The first-order valence-corrected chi connectivity index (χ1v) is 7.97. The molecule has 126 valence electrons. The number of nitrogens with one attached hydrogen (secondary N) is 3. The Morgan fingerprint density at radius 2 is 2.12 bits per heavy atom. The summed E-state index contributed by atoms with van der Waals surface area (Å²) in [6.45, 7) is 0. The predicted octanol–water partition coefficient (Wildman–Crippen LogP) is 3.37. The summed E-state index contributed by atoms with van der Waals surface area (Å²) in [6, 6.07) is 15.2. The fraction of sp³-hybridized carbons (Fsp3) is 0. The molecule has 0 aliphatic heterocycles. The van der Waals surface area contributed by atoms with Crippen molar-refractivity contribution in [3.8, 4) is 17.5 Å². The molecule has 4 aromatic rings. The largest absolute Gasteiger partial charge is 0.360 e. The minimum absolute atomic E-state index is 0.214. The van der Waals surface area contributed by atoms with Gasteiger partial charge in [0.25, 0.3) is 0 Å². The van der Waals surface area contributed by atoms with Crippen LogP contribution in [0.25, 0.3) is 28.0 Å². The molecule has 3 N–H and O–H groups in total. The number of benzene rings is 2. The van der Waals surface area contributed by atoms with E-state index in [0.717, 1.165) is 22.3 Å². The van der Waals surface area contributed by atoms with Gasteiger partial charge in [-0.05, 0) is 35.5 Å². The molecular formula is C17H11ClN8. The smallest absolute Gasteiger partial charge is 0.216 e. The lowest BCUT2D eigenvalue weighted by atomic mass is 10.2. The number of H-pyrrole nitrogens is 2.